The third-order valence-electron chi connectivity index (χ3n) is 3.28. The lowest BCUT2D eigenvalue weighted by molar-refractivity contribution is 0.340. The van der Waals surface area contributed by atoms with E-state index in [1.165, 1.54) is 6.07 Å². The lowest BCUT2D eigenvalue weighted by Gasteiger charge is -2.06. The summed E-state index contributed by atoms with van der Waals surface area (Å²) in [5.74, 6) is 1.50. The number of aryl methyl sites for hydroxylation is 1. The molecule has 3 aromatic rings. The molecule has 0 amide bonds. The predicted molar refractivity (Wildman–Crippen MR) is 94.0 cm³/mol. The van der Waals surface area contributed by atoms with Crippen molar-refractivity contribution in [2.45, 2.75) is 24.6 Å². The Morgan fingerprint density at radius 2 is 1.92 bits per heavy atom. The van der Waals surface area contributed by atoms with Crippen molar-refractivity contribution in [2.75, 3.05) is 6.61 Å². The van der Waals surface area contributed by atoms with Crippen molar-refractivity contribution in [1.82, 2.24) is 14.9 Å². The number of hydrogen-bond donors (Lipinski definition) is 1. The highest BCUT2D eigenvalue weighted by Gasteiger charge is 2.19. The summed E-state index contributed by atoms with van der Waals surface area (Å²) < 4.78 is 38.3. The van der Waals surface area contributed by atoms with E-state index in [-0.39, 0.29) is 10.8 Å². The quantitative estimate of drug-likeness (QED) is 0.678. The molecule has 0 bridgehead atoms. The molecular formula is C16H17N3O4S2. The Balaban J connectivity index is 1.68. The number of sulfonamides is 1. The molecule has 0 saturated carbocycles. The Morgan fingerprint density at radius 3 is 2.56 bits per heavy atom. The van der Waals surface area contributed by atoms with Crippen LogP contribution < -0.4 is 9.46 Å². The second-order valence-corrected chi connectivity index (χ2v) is 8.22. The molecule has 0 unspecified atom stereocenters. The summed E-state index contributed by atoms with van der Waals surface area (Å²) in [6.45, 7) is 4.38. The van der Waals surface area contributed by atoms with Gasteiger partial charge in [0.15, 0.2) is 0 Å². The first kappa shape index (κ1) is 17.6. The zero-order valence-electron chi connectivity index (χ0n) is 13.7. The molecule has 0 fully saturated rings. The predicted octanol–water partition coefficient (Wildman–Crippen LogP) is 2.98. The number of benzene rings is 1. The van der Waals surface area contributed by atoms with Gasteiger partial charge in [-0.1, -0.05) is 12.1 Å². The van der Waals surface area contributed by atoms with Crippen molar-refractivity contribution in [3.8, 4) is 16.5 Å². The lowest BCUT2D eigenvalue weighted by Crippen LogP contribution is -2.22. The van der Waals surface area contributed by atoms with E-state index in [0.717, 1.165) is 22.6 Å². The molecular weight excluding hydrogens is 362 g/mol. The number of aromatic nitrogens is 2. The number of hydrogen-bond acceptors (Lipinski definition) is 7. The van der Waals surface area contributed by atoms with Crippen LogP contribution >= 0.6 is 11.3 Å². The highest BCUT2D eigenvalue weighted by molar-refractivity contribution is 7.91. The van der Waals surface area contributed by atoms with Crippen LogP contribution in [0, 0.1) is 6.92 Å². The molecule has 3 rings (SSSR count). The minimum Gasteiger partial charge on any atom is -0.494 e. The summed E-state index contributed by atoms with van der Waals surface area (Å²) in [4.78, 5) is 0.613. The maximum Gasteiger partial charge on any atom is 0.257 e. The topological polar surface area (TPSA) is 94.3 Å². The standard InChI is InChI=1S/C16H17N3O4S2/c1-3-22-13-6-4-12(5-7-13)10-17-25(20,21)15-9-8-14(24-15)16-19-18-11(2)23-16/h4-9,17H,3,10H2,1-2H3. The Hall–Kier alpha value is -2.23. The number of nitrogens with zero attached hydrogens (tertiary/aromatic N) is 2. The monoisotopic (exact) mass is 379 g/mol. The van der Waals surface area contributed by atoms with Crippen LogP contribution in [-0.2, 0) is 16.6 Å². The van der Waals surface area contributed by atoms with Gasteiger partial charge in [-0.2, -0.15) is 0 Å². The van der Waals surface area contributed by atoms with Crippen molar-refractivity contribution >= 4 is 21.4 Å². The molecule has 0 aliphatic heterocycles. The molecule has 1 aromatic carbocycles. The maximum atomic E-state index is 12.4. The van der Waals surface area contributed by atoms with E-state index in [9.17, 15) is 8.42 Å². The van der Waals surface area contributed by atoms with Gasteiger partial charge in [-0.15, -0.1) is 21.5 Å². The van der Waals surface area contributed by atoms with Gasteiger partial charge in [0, 0.05) is 13.5 Å². The first-order valence-electron chi connectivity index (χ1n) is 7.59. The average molecular weight is 379 g/mol. The Bertz CT molecular complexity index is 946. The molecule has 0 aliphatic rings. The van der Waals surface area contributed by atoms with Crippen LogP contribution in [0.2, 0.25) is 0 Å². The van der Waals surface area contributed by atoms with Crippen molar-refractivity contribution in [1.29, 1.82) is 0 Å². The summed E-state index contributed by atoms with van der Waals surface area (Å²) in [5, 5.41) is 7.64. The van der Waals surface area contributed by atoms with Crippen molar-refractivity contribution < 1.29 is 17.6 Å². The Labute approximate surface area is 149 Å². The van der Waals surface area contributed by atoms with E-state index in [4.69, 9.17) is 9.15 Å². The molecule has 0 saturated heterocycles. The molecule has 0 spiro atoms. The number of nitrogens with one attached hydrogen (secondary N) is 1. The van der Waals surface area contributed by atoms with Crippen molar-refractivity contribution in [3.05, 3.63) is 47.9 Å². The van der Waals surface area contributed by atoms with Crippen LogP contribution in [-0.4, -0.2) is 25.2 Å². The molecule has 132 valence electrons. The van der Waals surface area contributed by atoms with E-state index in [0.29, 0.717) is 23.3 Å². The number of ether oxygens (including phenoxy) is 1. The summed E-state index contributed by atoms with van der Waals surface area (Å²) in [6, 6.07) is 10.5. The molecule has 9 heteroatoms. The lowest BCUT2D eigenvalue weighted by atomic mass is 10.2. The highest BCUT2D eigenvalue weighted by Crippen LogP contribution is 2.29. The summed E-state index contributed by atoms with van der Waals surface area (Å²) in [5.41, 5.74) is 0.844. The summed E-state index contributed by atoms with van der Waals surface area (Å²) in [6.07, 6.45) is 0. The fraction of sp³-hybridized carbons (Fsp3) is 0.250. The molecule has 2 aromatic heterocycles. The van der Waals surface area contributed by atoms with Crippen molar-refractivity contribution in [2.24, 2.45) is 0 Å². The summed E-state index contributed by atoms with van der Waals surface area (Å²) in [7, 11) is -3.61. The van der Waals surface area contributed by atoms with E-state index in [1.807, 2.05) is 31.2 Å². The average Bonchev–Trinajstić information content (AvgIpc) is 3.24. The molecule has 25 heavy (non-hydrogen) atoms. The van der Waals surface area contributed by atoms with Crippen LogP contribution in [0.3, 0.4) is 0 Å². The van der Waals surface area contributed by atoms with Crippen LogP contribution in [0.25, 0.3) is 10.8 Å². The van der Waals surface area contributed by atoms with Gasteiger partial charge < -0.3 is 9.15 Å². The van der Waals surface area contributed by atoms with Crippen LogP contribution in [0.4, 0.5) is 0 Å². The first-order chi connectivity index (χ1) is 12.0. The molecule has 1 N–H and O–H groups in total. The molecule has 0 radical (unpaired) electrons. The van der Waals surface area contributed by atoms with Gasteiger partial charge in [-0.25, -0.2) is 13.1 Å². The summed E-state index contributed by atoms with van der Waals surface area (Å²) >= 11 is 1.08. The normalized spacial score (nSPS) is 11.6. The van der Waals surface area contributed by atoms with Crippen molar-refractivity contribution in [3.63, 3.8) is 0 Å². The minimum atomic E-state index is -3.61. The second kappa shape index (κ2) is 7.34. The highest BCUT2D eigenvalue weighted by atomic mass is 32.2. The van der Waals surface area contributed by atoms with Crippen LogP contribution in [0.1, 0.15) is 18.4 Å². The minimum absolute atomic E-state index is 0.196. The number of rotatable bonds is 7. The van der Waals surface area contributed by atoms with E-state index < -0.39 is 10.0 Å². The largest absolute Gasteiger partial charge is 0.494 e. The third kappa shape index (κ3) is 4.25. The maximum absolute atomic E-state index is 12.4. The Kier molecular flexibility index (Phi) is 5.16. The zero-order chi connectivity index (χ0) is 17.9. The molecule has 0 atom stereocenters. The smallest absolute Gasteiger partial charge is 0.257 e. The fourth-order valence-corrected chi connectivity index (χ4v) is 4.39. The van der Waals surface area contributed by atoms with Gasteiger partial charge in [0.2, 0.25) is 15.9 Å². The second-order valence-electron chi connectivity index (χ2n) is 5.15. The van der Waals surface area contributed by atoms with E-state index >= 15 is 0 Å². The Morgan fingerprint density at radius 1 is 1.16 bits per heavy atom. The molecule has 7 nitrogen and oxygen atoms in total. The SMILES string of the molecule is CCOc1ccc(CNS(=O)(=O)c2ccc(-c3nnc(C)o3)s2)cc1. The van der Waals surface area contributed by atoms with Gasteiger partial charge in [0.1, 0.15) is 9.96 Å². The van der Waals surface area contributed by atoms with Gasteiger partial charge >= 0.3 is 0 Å². The van der Waals surface area contributed by atoms with Gasteiger partial charge in [0.25, 0.3) is 5.89 Å². The molecule has 0 aliphatic carbocycles. The fourth-order valence-electron chi connectivity index (χ4n) is 2.10. The van der Waals surface area contributed by atoms with Gasteiger partial charge in [0.05, 0.1) is 11.5 Å². The van der Waals surface area contributed by atoms with Gasteiger partial charge in [-0.3, -0.25) is 0 Å². The van der Waals surface area contributed by atoms with Crippen LogP contribution in [0.15, 0.2) is 45.0 Å². The van der Waals surface area contributed by atoms with Crippen LogP contribution in [0.5, 0.6) is 5.75 Å². The third-order valence-corrected chi connectivity index (χ3v) is 6.25. The number of thiophene rings is 1. The van der Waals surface area contributed by atoms with Gasteiger partial charge in [-0.05, 0) is 36.8 Å². The zero-order valence-corrected chi connectivity index (χ0v) is 15.4. The van der Waals surface area contributed by atoms with E-state index in [2.05, 4.69) is 14.9 Å². The first-order valence-corrected chi connectivity index (χ1v) is 9.89. The van der Waals surface area contributed by atoms with E-state index in [1.54, 1.807) is 13.0 Å². The molecule has 2 heterocycles.